The number of aryl methyl sites for hydroxylation is 1. The summed E-state index contributed by atoms with van der Waals surface area (Å²) in [5.74, 6) is 2.67. The quantitative estimate of drug-likeness (QED) is 0.323. The largest absolute Gasteiger partial charge is 0.496 e. The zero-order valence-electron chi connectivity index (χ0n) is 16.8. The fourth-order valence-corrected chi connectivity index (χ4v) is 3.12. The maximum atomic E-state index is 5.46. The third kappa shape index (κ3) is 4.95. The molecule has 0 radical (unpaired) electrons. The lowest BCUT2D eigenvalue weighted by Gasteiger charge is -2.23. The van der Waals surface area contributed by atoms with Crippen molar-refractivity contribution < 1.29 is 4.74 Å². The smallest absolute Gasteiger partial charge is 0.194 e. The minimum absolute atomic E-state index is 0. The van der Waals surface area contributed by atoms with Crippen LogP contribution in [0.15, 0.2) is 53.5 Å². The second kappa shape index (κ2) is 10.3. The molecule has 0 saturated heterocycles. The molecule has 0 amide bonds. The van der Waals surface area contributed by atoms with Gasteiger partial charge in [-0.05, 0) is 25.1 Å². The molecule has 3 aromatic rings. The number of fused-ring (bicyclic) bond motifs is 1. The molecule has 0 saturated carbocycles. The van der Waals surface area contributed by atoms with Gasteiger partial charge in [0.05, 0.1) is 18.1 Å². The minimum Gasteiger partial charge on any atom is -0.496 e. The van der Waals surface area contributed by atoms with Crippen LogP contribution in [0.2, 0.25) is 0 Å². The molecule has 0 atom stereocenters. The summed E-state index contributed by atoms with van der Waals surface area (Å²) < 4.78 is 7.56. The Labute approximate surface area is 183 Å². The van der Waals surface area contributed by atoms with E-state index in [1.165, 1.54) is 0 Å². The lowest BCUT2D eigenvalue weighted by molar-refractivity contribution is 0.396. The van der Waals surface area contributed by atoms with Crippen LogP contribution in [0.4, 0.5) is 0 Å². The molecule has 0 fully saturated rings. The highest BCUT2D eigenvalue weighted by Gasteiger charge is 2.11. The number of rotatable bonds is 6. The first-order chi connectivity index (χ1) is 13.1. The number of nitrogens with one attached hydrogen (secondary N) is 1. The van der Waals surface area contributed by atoms with Crippen molar-refractivity contribution in [2.45, 2.75) is 20.0 Å². The van der Waals surface area contributed by atoms with Crippen LogP contribution in [-0.4, -0.2) is 41.1 Å². The van der Waals surface area contributed by atoms with Crippen molar-refractivity contribution in [2.24, 2.45) is 12.0 Å². The molecule has 1 aromatic heterocycles. The van der Waals surface area contributed by atoms with E-state index in [0.29, 0.717) is 13.1 Å². The number of halogens is 1. The van der Waals surface area contributed by atoms with Crippen LogP contribution in [0, 0.1) is 0 Å². The van der Waals surface area contributed by atoms with Gasteiger partial charge >= 0.3 is 0 Å². The van der Waals surface area contributed by atoms with Gasteiger partial charge in [0, 0.05) is 32.7 Å². The number of para-hydroxylation sites is 3. The molecule has 0 unspecified atom stereocenters. The van der Waals surface area contributed by atoms with E-state index in [0.717, 1.165) is 40.7 Å². The fraction of sp³-hybridized carbons (Fsp3) is 0.333. The van der Waals surface area contributed by atoms with Crippen molar-refractivity contribution in [3.05, 3.63) is 59.9 Å². The SMILES string of the molecule is CCNC(=NCc1nc2ccccc2n1C)N(C)Cc1ccccc1OC.I. The molecule has 3 rings (SSSR count). The number of imidazole rings is 1. The molecular formula is C21H28IN5O. The van der Waals surface area contributed by atoms with Crippen molar-refractivity contribution in [1.82, 2.24) is 19.8 Å². The van der Waals surface area contributed by atoms with Crippen LogP contribution in [-0.2, 0) is 20.1 Å². The average Bonchev–Trinajstić information content (AvgIpc) is 3.01. The number of guanidine groups is 1. The van der Waals surface area contributed by atoms with Gasteiger partial charge in [-0.1, -0.05) is 30.3 Å². The zero-order valence-corrected chi connectivity index (χ0v) is 19.2. The highest BCUT2D eigenvalue weighted by molar-refractivity contribution is 14.0. The van der Waals surface area contributed by atoms with Gasteiger partial charge in [-0.2, -0.15) is 0 Å². The van der Waals surface area contributed by atoms with Crippen molar-refractivity contribution in [1.29, 1.82) is 0 Å². The van der Waals surface area contributed by atoms with Gasteiger partial charge in [-0.25, -0.2) is 9.98 Å². The summed E-state index contributed by atoms with van der Waals surface area (Å²) in [6.45, 7) is 4.10. The molecular weight excluding hydrogens is 465 g/mol. The van der Waals surface area contributed by atoms with Crippen LogP contribution in [0.25, 0.3) is 11.0 Å². The van der Waals surface area contributed by atoms with Crippen LogP contribution in [0.5, 0.6) is 5.75 Å². The number of methoxy groups -OCH3 is 1. The summed E-state index contributed by atoms with van der Waals surface area (Å²) >= 11 is 0. The van der Waals surface area contributed by atoms with Crippen molar-refractivity contribution in [3.63, 3.8) is 0 Å². The molecule has 0 aliphatic rings. The average molecular weight is 493 g/mol. The van der Waals surface area contributed by atoms with Gasteiger partial charge < -0.3 is 19.5 Å². The van der Waals surface area contributed by atoms with E-state index < -0.39 is 0 Å². The number of hydrogen-bond donors (Lipinski definition) is 1. The van der Waals surface area contributed by atoms with Crippen LogP contribution >= 0.6 is 24.0 Å². The van der Waals surface area contributed by atoms with Gasteiger partial charge in [-0.3, -0.25) is 0 Å². The summed E-state index contributed by atoms with van der Waals surface area (Å²) in [6.07, 6.45) is 0. The predicted molar refractivity (Wildman–Crippen MR) is 125 cm³/mol. The normalized spacial score (nSPS) is 11.2. The van der Waals surface area contributed by atoms with E-state index in [9.17, 15) is 0 Å². The number of benzene rings is 2. The van der Waals surface area contributed by atoms with E-state index in [1.807, 2.05) is 50.5 Å². The monoisotopic (exact) mass is 493 g/mol. The molecule has 7 heteroatoms. The van der Waals surface area contributed by atoms with Crippen LogP contribution in [0.1, 0.15) is 18.3 Å². The molecule has 0 aliphatic carbocycles. The molecule has 150 valence electrons. The Morgan fingerprint density at radius 1 is 1.18 bits per heavy atom. The maximum Gasteiger partial charge on any atom is 0.194 e. The zero-order chi connectivity index (χ0) is 19.2. The van der Waals surface area contributed by atoms with Crippen molar-refractivity contribution >= 4 is 41.0 Å². The molecule has 0 aliphatic heterocycles. The fourth-order valence-electron chi connectivity index (χ4n) is 3.12. The van der Waals surface area contributed by atoms with Crippen LogP contribution in [0.3, 0.4) is 0 Å². The Kier molecular flexibility index (Phi) is 8.10. The highest BCUT2D eigenvalue weighted by atomic mass is 127. The number of aromatic nitrogens is 2. The standard InChI is InChI=1S/C21H27N5O.HI/c1-5-22-21(25(2)15-16-10-6-9-13-19(16)27-4)23-14-20-24-17-11-7-8-12-18(17)26(20)3;/h6-13H,5,14-15H2,1-4H3,(H,22,23);1H. The summed E-state index contributed by atoms with van der Waals surface area (Å²) in [5.41, 5.74) is 3.24. The summed E-state index contributed by atoms with van der Waals surface area (Å²) in [5, 5.41) is 3.36. The highest BCUT2D eigenvalue weighted by Crippen LogP contribution is 2.19. The first-order valence-electron chi connectivity index (χ1n) is 9.15. The molecule has 6 nitrogen and oxygen atoms in total. The lowest BCUT2D eigenvalue weighted by atomic mass is 10.2. The first-order valence-corrected chi connectivity index (χ1v) is 9.15. The van der Waals surface area contributed by atoms with Gasteiger partial charge in [0.2, 0.25) is 0 Å². The summed E-state index contributed by atoms with van der Waals surface area (Å²) in [4.78, 5) is 11.6. The van der Waals surface area contributed by atoms with E-state index in [-0.39, 0.29) is 24.0 Å². The van der Waals surface area contributed by atoms with Crippen molar-refractivity contribution in [3.8, 4) is 5.75 Å². The molecule has 0 spiro atoms. The Morgan fingerprint density at radius 2 is 1.89 bits per heavy atom. The third-order valence-corrected chi connectivity index (χ3v) is 4.55. The second-order valence-electron chi connectivity index (χ2n) is 6.41. The minimum atomic E-state index is 0. The summed E-state index contributed by atoms with van der Waals surface area (Å²) in [6, 6.07) is 16.2. The van der Waals surface area contributed by atoms with Gasteiger partial charge in [0.15, 0.2) is 5.96 Å². The van der Waals surface area contributed by atoms with E-state index >= 15 is 0 Å². The van der Waals surface area contributed by atoms with Gasteiger partial charge in [0.1, 0.15) is 18.1 Å². The van der Waals surface area contributed by atoms with E-state index in [1.54, 1.807) is 7.11 Å². The van der Waals surface area contributed by atoms with Crippen LogP contribution < -0.4 is 10.1 Å². The Bertz CT molecular complexity index is 937. The third-order valence-electron chi connectivity index (χ3n) is 4.55. The molecule has 28 heavy (non-hydrogen) atoms. The number of aliphatic imine (C=N–C) groups is 1. The number of hydrogen-bond acceptors (Lipinski definition) is 3. The van der Waals surface area contributed by atoms with E-state index in [2.05, 4.69) is 33.8 Å². The van der Waals surface area contributed by atoms with Gasteiger partial charge in [-0.15, -0.1) is 24.0 Å². The summed E-state index contributed by atoms with van der Waals surface area (Å²) in [7, 11) is 5.76. The Morgan fingerprint density at radius 3 is 2.61 bits per heavy atom. The number of nitrogens with zero attached hydrogens (tertiary/aromatic N) is 4. The van der Waals surface area contributed by atoms with Crippen molar-refractivity contribution in [2.75, 3.05) is 20.7 Å². The lowest BCUT2D eigenvalue weighted by Crippen LogP contribution is -2.38. The molecule has 1 heterocycles. The van der Waals surface area contributed by atoms with E-state index in [4.69, 9.17) is 14.7 Å². The van der Waals surface area contributed by atoms with Gasteiger partial charge in [0.25, 0.3) is 0 Å². The first kappa shape index (κ1) is 22.0. The Hall–Kier alpha value is -2.29. The molecule has 2 aromatic carbocycles. The topological polar surface area (TPSA) is 54.7 Å². The molecule has 0 bridgehead atoms. The Balaban J connectivity index is 0.00000280. The second-order valence-corrected chi connectivity index (χ2v) is 6.41. The predicted octanol–water partition coefficient (Wildman–Crippen LogP) is 3.80. The molecule has 1 N–H and O–H groups in total. The maximum absolute atomic E-state index is 5.46. The number of ether oxygens (including phenoxy) is 1.